The zero-order valence-electron chi connectivity index (χ0n) is 18.9. The summed E-state index contributed by atoms with van der Waals surface area (Å²) in [7, 11) is 1.82. The molecule has 2 N–H and O–H groups in total. The van der Waals surface area contributed by atoms with Crippen molar-refractivity contribution in [1.82, 2.24) is 20.1 Å². The van der Waals surface area contributed by atoms with E-state index in [-0.39, 0.29) is 29.5 Å². The Bertz CT molecular complexity index is 883. The van der Waals surface area contributed by atoms with Crippen molar-refractivity contribution in [2.45, 2.75) is 58.3 Å². The first kappa shape index (κ1) is 25.4. The molecule has 1 aromatic heterocycles. The molecule has 170 valence electrons. The van der Waals surface area contributed by atoms with E-state index in [1.54, 1.807) is 6.07 Å². The van der Waals surface area contributed by atoms with Crippen LogP contribution < -0.4 is 16.2 Å². The number of hydrogen-bond acceptors (Lipinski definition) is 3. The summed E-state index contributed by atoms with van der Waals surface area (Å²) in [5.74, 6) is 0.863. The van der Waals surface area contributed by atoms with E-state index in [9.17, 15) is 4.79 Å². The van der Waals surface area contributed by atoms with E-state index >= 15 is 0 Å². The van der Waals surface area contributed by atoms with Crippen molar-refractivity contribution in [3.05, 3.63) is 70.1 Å². The van der Waals surface area contributed by atoms with Crippen molar-refractivity contribution in [3.8, 4) is 0 Å². The zero-order valence-corrected chi connectivity index (χ0v) is 21.2. The van der Waals surface area contributed by atoms with Crippen LogP contribution in [0.5, 0.6) is 0 Å². The van der Waals surface area contributed by atoms with Crippen LogP contribution >= 0.6 is 24.0 Å². The van der Waals surface area contributed by atoms with Gasteiger partial charge in [-0.3, -0.25) is 14.7 Å². The Kier molecular flexibility index (Phi) is 10.5. The third kappa shape index (κ3) is 7.64. The van der Waals surface area contributed by atoms with Crippen LogP contribution in [0.2, 0.25) is 0 Å². The van der Waals surface area contributed by atoms with Crippen molar-refractivity contribution < 1.29 is 0 Å². The van der Waals surface area contributed by atoms with Gasteiger partial charge in [0.05, 0.1) is 0 Å². The molecule has 2 heterocycles. The van der Waals surface area contributed by atoms with Crippen LogP contribution in [0.4, 0.5) is 0 Å². The maximum atomic E-state index is 11.9. The summed E-state index contributed by atoms with van der Waals surface area (Å²) in [4.78, 5) is 18.9. The molecule has 1 aliphatic rings. The van der Waals surface area contributed by atoms with Crippen LogP contribution in [0, 0.1) is 6.92 Å². The molecule has 1 saturated heterocycles. The van der Waals surface area contributed by atoms with E-state index in [0.717, 1.165) is 57.1 Å². The van der Waals surface area contributed by atoms with Crippen molar-refractivity contribution in [1.29, 1.82) is 0 Å². The van der Waals surface area contributed by atoms with Gasteiger partial charge in [-0.25, -0.2) is 0 Å². The Hall–Kier alpha value is -1.87. The highest BCUT2D eigenvalue weighted by atomic mass is 127. The first-order valence-corrected chi connectivity index (χ1v) is 11.0. The molecule has 2 atom stereocenters. The predicted molar refractivity (Wildman–Crippen MR) is 139 cm³/mol. The summed E-state index contributed by atoms with van der Waals surface area (Å²) in [6.45, 7) is 7.89. The van der Waals surface area contributed by atoms with Gasteiger partial charge in [0.1, 0.15) is 0 Å². The van der Waals surface area contributed by atoms with Crippen molar-refractivity contribution >= 4 is 29.9 Å². The van der Waals surface area contributed by atoms with Gasteiger partial charge < -0.3 is 15.2 Å². The lowest BCUT2D eigenvalue weighted by Crippen LogP contribution is -2.44. The Morgan fingerprint density at radius 2 is 1.90 bits per heavy atom. The van der Waals surface area contributed by atoms with Crippen LogP contribution in [-0.2, 0) is 13.1 Å². The molecule has 3 rings (SSSR count). The lowest BCUT2D eigenvalue weighted by Gasteiger charge is -2.21. The number of nitrogens with zero attached hydrogens (tertiary/aromatic N) is 3. The number of rotatable bonds is 8. The molecule has 2 aromatic rings. The van der Waals surface area contributed by atoms with E-state index in [1.807, 2.05) is 30.7 Å². The Labute approximate surface area is 203 Å². The first-order valence-electron chi connectivity index (χ1n) is 11.0. The molecule has 1 fully saturated rings. The van der Waals surface area contributed by atoms with Gasteiger partial charge in [0.2, 0.25) is 0 Å². The van der Waals surface area contributed by atoms with E-state index < -0.39 is 0 Å². The average Bonchev–Trinajstić information content (AvgIpc) is 3.08. The first-order chi connectivity index (χ1) is 14.6. The number of aliphatic imine (C=N–C) groups is 1. The van der Waals surface area contributed by atoms with Crippen LogP contribution in [0.15, 0.2) is 58.3 Å². The number of halogens is 1. The van der Waals surface area contributed by atoms with Crippen LogP contribution in [0.3, 0.4) is 0 Å². The molecule has 0 radical (unpaired) electrons. The fraction of sp³-hybridized carbons (Fsp3) is 0.500. The molecule has 1 aliphatic heterocycles. The van der Waals surface area contributed by atoms with Gasteiger partial charge in [-0.2, -0.15) is 0 Å². The highest BCUT2D eigenvalue weighted by Gasteiger charge is 2.29. The number of nitrogens with one attached hydrogen (secondary N) is 2. The number of guanidine groups is 1. The number of pyridine rings is 1. The second kappa shape index (κ2) is 12.9. The summed E-state index contributed by atoms with van der Waals surface area (Å²) in [6, 6.07) is 17.0. The third-order valence-corrected chi connectivity index (χ3v) is 5.87. The largest absolute Gasteiger partial charge is 0.356 e. The maximum absolute atomic E-state index is 11.9. The number of aryl methyl sites for hydroxylation is 1. The number of unbranched alkanes of at least 4 members (excludes halogenated alkanes) is 1. The standard InChI is InChI=1S/C24H35N5O.HI/c1-19-10-9-13-23(30)29(19)15-8-7-14-26-24(25-3)27-22-16-20(2)28(18-22)17-21-11-5-4-6-12-21;/h4-6,9-13,20,22H,7-8,14-18H2,1-3H3,(H2,25,26,27);1H. The SMILES string of the molecule is CN=C(NCCCCn1c(C)cccc1=O)NC1CC(C)N(Cc2ccccc2)C1.I. The molecular formula is C24H36IN5O. The third-order valence-electron chi connectivity index (χ3n) is 5.87. The molecule has 1 aromatic carbocycles. The monoisotopic (exact) mass is 537 g/mol. The Morgan fingerprint density at radius 1 is 1.13 bits per heavy atom. The number of likely N-dealkylation sites (tertiary alicyclic amines) is 1. The van der Waals surface area contributed by atoms with E-state index in [2.05, 4.69) is 57.8 Å². The fourth-order valence-electron chi connectivity index (χ4n) is 4.14. The minimum Gasteiger partial charge on any atom is -0.356 e. The number of benzene rings is 1. The van der Waals surface area contributed by atoms with Crippen molar-refractivity contribution in [2.75, 3.05) is 20.1 Å². The van der Waals surface area contributed by atoms with Crippen molar-refractivity contribution in [2.24, 2.45) is 4.99 Å². The topological polar surface area (TPSA) is 61.7 Å². The molecule has 0 bridgehead atoms. The predicted octanol–water partition coefficient (Wildman–Crippen LogP) is 3.38. The smallest absolute Gasteiger partial charge is 0.250 e. The van der Waals surface area contributed by atoms with Crippen molar-refractivity contribution in [3.63, 3.8) is 0 Å². The molecule has 31 heavy (non-hydrogen) atoms. The normalized spacial score (nSPS) is 19.1. The Morgan fingerprint density at radius 3 is 2.61 bits per heavy atom. The second-order valence-electron chi connectivity index (χ2n) is 8.20. The summed E-state index contributed by atoms with van der Waals surface area (Å²) < 4.78 is 1.84. The van der Waals surface area contributed by atoms with Crippen LogP contribution in [-0.4, -0.2) is 47.6 Å². The summed E-state index contributed by atoms with van der Waals surface area (Å²) in [5.41, 5.74) is 2.46. The highest BCUT2D eigenvalue weighted by Crippen LogP contribution is 2.20. The van der Waals surface area contributed by atoms with E-state index in [1.165, 1.54) is 5.56 Å². The minimum atomic E-state index is 0. The average molecular weight is 537 g/mol. The second-order valence-corrected chi connectivity index (χ2v) is 8.20. The van der Waals surface area contributed by atoms with E-state index in [4.69, 9.17) is 0 Å². The van der Waals surface area contributed by atoms with Crippen LogP contribution in [0.1, 0.15) is 37.4 Å². The van der Waals surface area contributed by atoms with Gasteiger partial charge in [-0.1, -0.05) is 36.4 Å². The minimum absolute atomic E-state index is 0. The molecule has 6 nitrogen and oxygen atoms in total. The summed E-state index contributed by atoms with van der Waals surface area (Å²) >= 11 is 0. The molecule has 2 unspecified atom stereocenters. The van der Waals surface area contributed by atoms with Gasteiger partial charge in [-0.15, -0.1) is 24.0 Å². The van der Waals surface area contributed by atoms with Gasteiger partial charge in [0.25, 0.3) is 5.56 Å². The molecule has 0 saturated carbocycles. The maximum Gasteiger partial charge on any atom is 0.250 e. The molecule has 0 aliphatic carbocycles. The molecular weight excluding hydrogens is 501 g/mol. The Balaban J connectivity index is 0.00000341. The molecule has 0 amide bonds. The summed E-state index contributed by atoms with van der Waals surface area (Å²) in [5, 5.41) is 7.00. The highest BCUT2D eigenvalue weighted by molar-refractivity contribution is 14.0. The van der Waals surface area contributed by atoms with Gasteiger partial charge in [-0.05, 0) is 44.7 Å². The molecule has 7 heteroatoms. The van der Waals surface area contributed by atoms with Gasteiger partial charge in [0, 0.05) is 57.1 Å². The van der Waals surface area contributed by atoms with Gasteiger partial charge in [0.15, 0.2) is 5.96 Å². The number of aromatic nitrogens is 1. The van der Waals surface area contributed by atoms with Gasteiger partial charge >= 0.3 is 0 Å². The fourth-order valence-corrected chi connectivity index (χ4v) is 4.14. The molecule has 0 spiro atoms. The lowest BCUT2D eigenvalue weighted by molar-refractivity contribution is 0.258. The zero-order chi connectivity index (χ0) is 21.3. The summed E-state index contributed by atoms with van der Waals surface area (Å²) in [6.07, 6.45) is 3.06. The van der Waals surface area contributed by atoms with E-state index in [0.29, 0.717) is 12.1 Å². The lowest BCUT2D eigenvalue weighted by atomic mass is 10.2. The number of hydrogen-bond donors (Lipinski definition) is 2. The van der Waals surface area contributed by atoms with Crippen LogP contribution in [0.25, 0.3) is 0 Å². The quantitative estimate of drug-likeness (QED) is 0.235.